The average Bonchev–Trinajstić information content (AvgIpc) is 2.91. The van der Waals surface area contributed by atoms with Crippen molar-refractivity contribution in [3.63, 3.8) is 0 Å². The highest BCUT2D eigenvalue weighted by Gasteiger charge is 2.34. The molecule has 0 saturated heterocycles. The van der Waals surface area contributed by atoms with Crippen molar-refractivity contribution in [3.8, 4) is 5.75 Å². The number of hydrogen-bond acceptors (Lipinski definition) is 2. The normalized spacial score (nSPS) is 28.1. The first-order valence-corrected chi connectivity index (χ1v) is 7.22. The van der Waals surface area contributed by atoms with E-state index in [1.165, 1.54) is 36.8 Å². The molecule has 1 aromatic carbocycles. The van der Waals surface area contributed by atoms with E-state index in [2.05, 4.69) is 18.2 Å². The van der Waals surface area contributed by atoms with Crippen LogP contribution in [-0.2, 0) is 6.42 Å². The van der Waals surface area contributed by atoms with Gasteiger partial charge in [-0.05, 0) is 54.9 Å². The summed E-state index contributed by atoms with van der Waals surface area (Å²) in [4.78, 5) is 0. The molecule has 0 aromatic heterocycles. The topological polar surface area (TPSA) is 35.2 Å². The van der Waals surface area contributed by atoms with Crippen LogP contribution in [0.4, 0.5) is 0 Å². The first-order valence-electron chi connectivity index (χ1n) is 7.22. The molecule has 2 aliphatic rings. The van der Waals surface area contributed by atoms with E-state index in [4.69, 9.17) is 10.5 Å². The Labute approximate surface area is 110 Å². The maximum absolute atomic E-state index is 6.42. The molecule has 1 saturated carbocycles. The number of rotatable bonds is 2. The fourth-order valence-corrected chi connectivity index (χ4v) is 3.89. The molecule has 2 aliphatic carbocycles. The van der Waals surface area contributed by atoms with Gasteiger partial charge in [-0.1, -0.05) is 18.9 Å². The van der Waals surface area contributed by atoms with Gasteiger partial charge in [0.1, 0.15) is 5.75 Å². The van der Waals surface area contributed by atoms with Crippen LogP contribution in [0.3, 0.4) is 0 Å². The molecule has 2 unspecified atom stereocenters. The molecule has 0 spiro atoms. The second-order valence-corrected chi connectivity index (χ2v) is 5.84. The van der Waals surface area contributed by atoms with Crippen LogP contribution in [0.5, 0.6) is 5.75 Å². The van der Waals surface area contributed by atoms with E-state index in [0.717, 1.165) is 24.5 Å². The molecule has 3 rings (SSSR count). The Morgan fingerprint density at radius 1 is 1.17 bits per heavy atom. The molecule has 0 amide bonds. The van der Waals surface area contributed by atoms with E-state index >= 15 is 0 Å². The van der Waals surface area contributed by atoms with Crippen LogP contribution in [-0.4, -0.2) is 13.2 Å². The van der Waals surface area contributed by atoms with E-state index < -0.39 is 0 Å². The first kappa shape index (κ1) is 12.0. The molecule has 0 aliphatic heterocycles. The van der Waals surface area contributed by atoms with E-state index in [-0.39, 0.29) is 0 Å². The lowest BCUT2D eigenvalue weighted by molar-refractivity contribution is 0.341. The maximum Gasteiger partial charge on any atom is 0.119 e. The minimum Gasteiger partial charge on any atom is -0.497 e. The number of ether oxygens (including phenoxy) is 1. The van der Waals surface area contributed by atoms with Crippen LogP contribution in [0.15, 0.2) is 18.2 Å². The second-order valence-electron chi connectivity index (χ2n) is 5.84. The van der Waals surface area contributed by atoms with Gasteiger partial charge in [0.2, 0.25) is 0 Å². The van der Waals surface area contributed by atoms with Gasteiger partial charge >= 0.3 is 0 Å². The number of methoxy groups -OCH3 is 1. The van der Waals surface area contributed by atoms with Gasteiger partial charge in [0.25, 0.3) is 0 Å². The van der Waals surface area contributed by atoms with Gasteiger partial charge in [-0.25, -0.2) is 0 Å². The monoisotopic (exact) mass is 245 g/mol. The number of nitrogens with two attached hydrogens (primary N) is 1. The molecule has 2 nitrogen and oxygen atoms in total. The van der Waals surface area contributed by atoms with Crippen LogP contribution in [0.1, 0.15) is 49.1 Å². The Morgan fingerprint density at radius 3 is 2.67 bits per heavy atom. The van der Waals surface area contributed by atoms with Crippen molar-refractivity contribution in [1.29, 1.82) is 0 Å². The Kier molecular flexibility index (Phi) is 3.29. The van der Waals surface area contributed by atoms with E-state index in [1.54, 1.807) is 7.11 Å². The van der Waals surface area contributed by atoms with Crippen LogP contribution in [0, 0.1) is 5.92 Å². The summed E-state index contributed by atoms with van der Waals surface area (Å²) in [6.07, 6.45) is 7.74. The largest absolute Gasteiger partial charge is 0.497 e. The third-order valence-corrected chi connectivity index (χ3v) is 4.83. The highest BCUT2D eigenvalue weighted by atomic mass is 16.5. The van der Waals surface area contributed by atoms with Gasteiger partial charge in [-0.2, -0.15) is 0 Å². The molecule has 98 valence electrons. The molecule has 2 heteroatoms. The van der Waals surface area contributed by atoms with Crippen molar-refractivity contribution in [2.24, 2.45) is 11.7 Å². The van der Waals surface area contributed by atoms with Crippen molar-refractivity contribution >= 4 is 0 Å². The van der Waals surface area contributed by atoms with Crippen LogP contribution in [0.2, 0.25) is 0 Å². The molecular formula is C16H23NO. The van der Waals surface area contributed by atoms with Crippen LogP contribution >= 0.6 is 0 Å². The molecule has 18 heavy (non-hydrogen) atoms. The first-order chi connectivity index (χ1) is 8.79. The fraction of sp³-hybridized carbons (Fsp3) is 0.625. The third-order valence-electron chi connectivity index (χ3n) is 4.83. The zero-order chi connectivity index (χ0) is 12.5. The van der Waals surface area contributed by atoms with E-state index in [1.807, 2.05) is 0 Å². The summed E-state index contributed by atoms with van der Waals surface area (Å²) in [6, 6.07) is 6.90. The molecular weight excluding hydrogens is 222 g/mol. The summed E-state index contributed by atoms with van der Waals surface area (Å²) >= 11 is 0. The molecule has 0 radical (unpaired) electrons. The summed E-state index contributed by atoms with van der Waals surface area (Å²) in [5, 5.41) is 0. The maximum atomic E-state index is 6.42. The molecule has 0 heterocycles. The summed E-state index contributed by atoms with van der Waals surface area (Å²) in [5.74, 6) is 2.34. The van der Waals surface area contributed by atoms with Gasteiger partial charge in [0.05, 0.1) is 7.11 Å². The zero-order valence-electron chi connectivity index (χ0n) is 11.2. The predicted molar refractivity (Wildman–Crippen MR) is 74.0 cm³/mol. The van der Waals surface area contributed by atoms with Gasteiger partial charge in [-0.15, -0.1) is 0 Å². The highest BCUT2D eigenvalue weighted by Crippen LogP contribution is 2.44. The van der Waals surface area contributed by atoms with E-state index in [0.29, 0.717) is 12.0 Å². The van der Waals surface area contributed by atoms with Crippen molar-refractivity contribution in [2.75, 3.05) is 7.11 Å². The zero-order valence-corrected chi connectivity index (χ0v) is 11.2. The van der Waals surface area contributed by atoms with Gasteiger partial charge in [0.15, 0.2) is 0 Å². The molecule has 1 fully saturated rings. The number of fused-ring (bicyclic) bond motifs is 1. The van der Waals surface area contributed by atoms with Crippen molar-refractivity contribution in [3.05, 3.63) is 29.3 Å². The Bertz CT molecular complexity index is 423. The lowest BCUT2D eigenvalue weighted by Gasteiger charge is -2.35. The SMILES string of the molecule is COc1ccc2c(c1)C(C1CCCC1)C(N)CC2. The Balaban J connectivity index is 1.98. The van der Waals surface area contributed by atoms with Crippen molar-refractivity contribution in [1.82, 2.24) is 0 Å². The summed E-state index contributed by atoms with van der Waals surface area (Å²) in [5.41, 5.74) is 9.39. The third kappa shape index (κ3) is 2.03. The minimum absolute atomic E-state index is 0.340. The van der Waals surface area contributed by atoms with E-state index in [9.17, 15) is 0 Å². The average molecular weight is 245 g/mol. The summed E-state index contributed by atoms with van der Waals surface area (Å²) in [6.45, 7) is 0. The summed E-state index contributed by atoms with van der Waals surface area (Å²) < 4.78 is 5.39. The van der Waals surface area contributed by atoms with Crippen LogP contribution in [0.25, 0.3) is 0 Å². The van der Waals surface area contributed by atoms with Gasteiger partial charge in [0, 0.05) is 12.0 Å². The predicted octanol–water partition coefficient (Wildman–Crippen LogP) is 3.24. The van der Waals surface area contributed by atoms with Gasteiger partial charge in [-0.3, -0.25) is 0 Å². The number of benzene rings is 1. The Hall–Kier alpha value is -1.02. The highest BCUT2D eigenvalue weighted by molar-refractivity contribution is 5.41. The molecule has 1 aromatic rings. The molecule has 2 atom stereocenters. The van der Waals surface area contributed by atoms with Crippen molar-refractivity contribution in [2.45, 2.75) is 50.5 Å². The van der Waals surface area contributed by atoms with Crippen molar-refractivity contribution < 1.29 is 4.74 Å². The standard InChI is InChI=1S/C16H23NO/c1-18-13-8-6-11-7-9-15(17)16(14(11)10-13)12-4-2-3-5-12/h6,8,10,12,15-16H,2-5,7,9,17H2,1H3. The lowest BCUT2D eigenvalue weighted by atomic mass is 9.72. The second kappa shape index (κ2) is 4.93. The number of hydrogen-bond donors (Lipinski definition) is 1. The molecule has 0 bridgehead atoms. The lowest BCUT2D eigenvalue weighted by Crippen LogP contribution is -2.36. The minimum atomic E-state index is 0.340. The quantitative estimate of drug-likeness (QED) is 0.868. The Morgan fingerprint density at radius 2 is 1.94 bits per heavy atom. The van der Waals surface area contributed by atoms with Crippen LogP contribution < -0.4 is 10.5 Å². The summed E-state index contributed by atoms with van der Waals surface area (Å²) in [7, 11) is 1.75. The molecule has 2 N–H and O–H groups in total. The fourth-order valence-electron chi connectivity index (χ4n) is 3.89. The number of aryl methyl sites for hydroxylation is 1. The van der Waals surface area contributed by atoms with Gasteiger partial charge < -0.3 is 10.5 Å². The smallest absolute Gasteiger partial charge is 0.119 e.